The van der Waals surface area contributed by atoms with Crippen LogP contribution in [0.5, 0.6) is 0 Å². The van der Waals surface area contributed by atoms with Crippen LogP contribution in [0.2, 0.25) is 0 Å². The first-order valence-electron chi connectivity index (χ1n) is 5.69. The molecule has 0 aliphatic heterocycles. The smallest absolute Gasteiger partial charge is 0.417 e. The molecule has 0 aliphatic carbocycles. The first-order valence-corrected chi connectivity index (χ1v) is 7.36. The van der Waals surface area contributed by atoms with Crippen LogP contribution < -0.4 is 5.32 Å². The number of hydrogen-bond acceptors (Lipinski definition) is 3. The number of thiophene rings is 1. The predicted molar refractivity (Wildman–Crippen MR) is 77.7 cm³/mol. The van der Waals surface area contributed by atoms with Gasteiger partial charge in [0.15, 0.2) is 0 Å². The lowest BCUT2D eigenvalue weighted by Gasteiger charge is -2.13. The van der Waals surface area contributed by atoms with Gasteiger partial charge in [-0.1, -0.05) is 0 Å². The van der Waals surface area contributed by atoms with Gasteiger partial charge in [0.1, 0.15) is 0 Å². The zero-order valence-electron chi connectivity index (χ0n) is 10.4. The summed E-state index contributed by atoms with van der Waals surface area (Å²) in [6.07, 6.45) is -4.71. The molecule has 0 radical (unpaired) electrons. The summed E-state index contributed by atoms with van der Waals surface area (Å²) in [5, 5.41) is 13.5. The van der Waals surface area contributed by atoms with Crippen LogP contribution in [-0.4, -0.2) is 11.1 Å². The van der Waals surface area contributed by atoms with Crippen LogP contribution in [0.4, 0.5) is 18.9 Å². The fourth-order valence-electron chi connectivity index (χ4n) is 1.71. The molecule has 0 unspecified atom stereocenters. The van der Waals surface area contributed by atoms with Crippen LogP contribution in [0.15, 0.2) is 34.1 Å². The van der Waals surface area contributed by atoms with Crippen molar-refractivity contribution >= 4 is 38.9 Å². The Labute approximate surface area is 130 Å². The first kappa shape index (κ1) is 15.8. The molecule has 1 aromatic heterocycles. The molecule has 0 bridgehead atoms. The Morgan fingerprint density at radius 2 is 2.05 bits per heavy atom. The van der Waals surface area contributed by atoms with Gasteiger partial charge in [-0.25, -0.2) is 4.79 Å². The lowest BCUT2D eigenvalue weighted by molar-refractivity contribution is -0.138. The molecule has 0 aliphatic rings. The summed E-state index contributed by atoms with van der Waals surface area (Å²) in [6, 6.07) is 4.93. The molecular formula is C13H9BrF3NO2S. The number of anilines is 1. The van der Waals surface area contributed by atoms with Gasteiger partial charge in [-0.05, 0) is 45.6 Å². The van der Waals surface area contributed by atoms with E-state index in [1.165, 1.54) is 17.4 Å². The highest BCUT2D eigenvalue weighted by molar-refractivity contribution is 9.10. The molecule has 0 spiro atoms. The topological polar surface area (TPSA) is 49.3 Å². The molecule has 0 saturated heterocycles. The maximum absolute atomic E-state index is 12.9. The summed E-state index contributed by atoms with van der Waals surface area (Å²) in [4.78, 5) is 11.8. The Hall–Kier alpha value is -1.54. The van der Waals surface area contributed by atoms with E-state index in [-0.39, 0.29) is 5.69 Å². The number of carboxylic acid groups (broad SMARTS) is 1. The molecule has 2 N–H and O–H groups in total. The van der Waals surface area contributed by atoms with E-state index in [0.717, 1.165) is 21.5 Å². The molecule has 112 valence electrons. The monoisotopic (exact) mass is 379 g/mol. The van der Waals surface area contributed by atoms with Gasteiger partial charge in [0.05, 0.1) is 17.7 Å². The number of hydrogen-bond donors (Lipinski definition) is 2. The normalized spacial score (nSPS) is 11.4. The van der Waals surface area contributed by atoms with Crippen LogP contribution in [0.25, 0.3) is 0 Å². The second kappa shape index (κ2) is 6.07. The summed E-state index contributed by atoms with van der Waals surface area (Å²) in [5.41, 5.74) is -1.71. The lowest BCUT2D eigenvalue weighted by Crippen LogP contribution is -2.13. The number of benzene rings is 1. The van der Waals surface area contributed by atoms with Crippen molar-refractivity contribution < 1.29 is 23.1 Å². The molecule has 0 amide bonds. The number of nitrogens with one attached hydrogen (secondary N) is 1. The van der Waals surface area contributed by atoms with Gasteiger partial charge < -0.3 is 10.4 Å². The van der Waals surface area contributed by atoms with Crippen LogP contribution in [-0.2, 0) is 12.7 Å². The third kappa shape index (κ3) is 3.76. The average molecular weight is 380 g/mol. The largest absolute Gasteiger partial charge is 0.478 e. The van der Waals surface area contributed by atoms with Crippen molar-refractivity contribution in [1.82, 2.24) is 0 Å². The van der Waals surface area contributed by atoms with Crippen molar-refractivity contribution in [3.63, 3.8) is 0 Å². The molecular weight excluding hydrogens is 371 g/mol. The van der Waals surface area contributed by atoms with E-state index in [2.05, 4.69) is 21.2 Å². The van der Waals surface area contributed by atoms with E-state index in [0.29, 0.717) is 6.54 Å². The molecule has 1 aromatic carbocycles. The third-order valence-corrected chi connectivity index (χ3v) is 4.63. The molecule has 8 heteroatoms. The van der Waals surface area contributed by atoms with Crippen molar-refractivity contribution in [3.05, 3.63) is 50.1 Å². The Morgan fingerprint density at radius 1 is 1.33 bits per heavy atom. The van der Waals surface area contributed by atoms with E-state index in [1.807, 2.05) is 11.4 Å². The minimum atomic E-state index is -4.71. The van der Waals surface area contributed by atoms with Crippen LogP contribution >= 0.6 is 27.3 Å². The molecule has 0 saturated carbocycles. The summed E-state index contributed by atoms with van der Waals surface area (Å²) >= 11 is 4.79. The molecule has 1 heterocycles. The Balaban J connectivity index is 2.26. The molecule has 3 nitrogen and oxygen atoms in total. The highest BCUT2D eigenvalue weighted by atomic mass is 79.9. The highest BCUT2D eigenvalue weighted by Crippen LogP contribution is 2.34. The Bertz CT molecular complexity index is 670. The number of aromatic carboxylic acids is 1. The molecule has 0 atom stereocenters. The number of carboxylic acids is 1. The predicted octanol–water partition coefficient (Wildman–Crippen LogP) is 4.84. The number of halogens is 4. The van der Waals surface area contributed by atoms with Gasteiger partial charge in [-0.3, -0.25) is 0 Å². The lowest BCUT2D eigenvalue weighted by atomic mass is 10.1. The Morgan fingerprint density at radius 3 is 2.57 bits per heavy atom. The van der Waals surface area contributed by atoms with Crippen molar-refractivity contribution in [2.24, 2.45) is 0 Å². The van der Waals surface area contributed by atoms with Crippen LogP contribution in [0.1, 0.15) is 20.8 Å². The zero-order chi connectivity index (χ0) is 15.6. The highest BCUT2D eigenvalue weighted by Gasteiger charge is 2.35. The maximum atomic E-state index is 12.9. The minimum Gasteiger partial charge on any atom is -0.478 e. The fraction of sp³-hybridized carbons (Fsp3) is 0.154. The number of alkyl halides is 3. The quantitative estimate of drug-likeness (QED) is 0.798. The first-order chi connectivity index (χ1) is 9.79. The zero-order valence-corrected chi connectivity index (χ0v) is 12.8. The van der Waals surface area contributed by atoms with Crippen LogP contribution in [0, 0.1) is 0 Å². The molecule has 0 fully saturated rings. The SMILES string of the molecule is O=C(O)c1ccc(NCc2sccc2Br)cc1C(F)(F)F. The summed E-state index contributed by atoms with van der Waals surface area (Å²) in [7, 11) is 0. The minimum absolute atomic E-state index is 0.215. The molecule has 2 aromatic rings. The Kier molecular flexibility index (Phi) is 4.58. The number of rotatable bonds is 4. The van der Waals surface area contributed by atoms with Crippen molar-refractivity contribution in [3.8, 4) is 0 Å². The van der Waals surface area contributed by atoms with Gasteiger partial charge >= 0.3 is 12.1 Å². The van der Waals surface area contributed by atoms with E-state index in [4.69, 9.17) is 5.11 Å². The van der Waals surface area contributed by atoms with E-state index >= 15 is 0 Å². The molecule has 21 heavy (non-hydrogen) atoms. The number of carbonyl (C=O) groups is 1. The van der Waals surface area contributed by atoms with Gasteiger partial charge in [-0.15, -0.1) is 11.3 Å². The maximum Gasteiger partial charge on any atom is 0.417 e. The summed E-state index contributed by atoms with van der Waals surface area (Å²) < 4.78 is 39.5. The van der Waals surface area contributed by atoms with Crippen molar-refractivity contribution in [2.75, 3.05) is 5.32 Å². The van der Waals surface area contributed by atoms with Crippen molar-refractivity contribution in [1.29, 1.82) is 0 Å². The summed E-state index contributed by atoms with van der Waals surface area (Å²) in [5.74, 6) is -1.60. The van der Waals surface area contributed by atoms with Crippen LogP contribution in [0.3, 0.4) is 0 Å². The second-order valence-electron chi connectivity index (χ2n) is 4.11. The van der Waals surface area contributed by atoms with E-state index < -0.39 is 23.3 Å². The fourth-order valence-corrected chi connectivity index (χ4v) is 3.14. The second-order valence-corrected chi connectivity index (χ2v) is 5.96. The third-order valence-electron chi connectivity index (χ3n) is 2.70. The standard InChI is InChI=1S/C13H9BrF3NO2S/c14-10-3-4-21-11(10)6-18-7-1-2-8(12(19)20)9(5-7)13(15,16)17/h1-5,18H,6H2,(H,19,20). The molecule has 2 rings (SSSR count). The van der Waals surface area contributed by atoms with Gasteiger partial charge in [0, 0.05) is 15.0 Å². The van der Waals surface area contributed by atoms with Gasteiger partial charge in [-0.2, -0.15) is 13.2 Å². The van der Waals surface area contributed by atoms with E-state index in [1.54, 1.807) is 0 Å². The van der Waals surface area contributed by atoms with Gasteiger partial charge in [0.25, 0.3) is 0 Å². The van der Waals surface area contributed by atoms with Gasteiger partial charge in [0.2, 0.25) is 0 Å². The summed E-state index contributed by atoms with van der Waals surface area (Å²) in [6.45, 7) is 0.349. The van der Waals surface area contributed by atoms with Crippen molar-refractivity contribution in [2.45, 2.75) is 12.7 Å². The van der Waals surface area contributed by atoms with E-state index in [9.17, 15) is 18.0 Å². The average Bonchev–Trinajstić information content (AvgIpc) is 2.80.